The number of hydrogen-bond donors (Lipinski definition) is 1. The Labute approximate surface area is 181 Å². The number of benzene rings is 2. The van der Waals surface area contributed by atoms with E-state index in [1.165, 1.54) is 36.1 Å². The van der Waals surface area contributed by atoms with Crippen molar-refractivity contribution < 1.29 is 21.9 Å². The minimum absolute atomic E-state index is 0.0109. The average Bonchev–Trinajstić information content (AvgIpc) is 3.21. The second-order valence-electron chi connectivity index (χ2n) is 7.20. The summed E-state index contributed by atoms with van der Waals surface area (Å²) in [6.07, 6.45) is 0.156. The largest absolute Gasteiger partial charge is 0.453 e. The van der Waals surface area contributed by atoms with Crippen molar-refractivity contribution in [3.8, 4) is 17.6 Å². The van der Waals surface area contributed by atoms with Gasteiger partial charge in [-0.3, -0.25) is 9.52 Å². The SMILES string of the molecule is Cn1cnc2ccc(Oc3c(F)ccc(NS(=O)(=O)N4CCC(F)C4)c3C#N)cc2c1=O. The lowest BCUT2D eigenvalue weighted by molar-refractivity contribution is 0.343. The maximum atomic E-state index is 14.6. The first kappa shape index (κ1) is 21.7. The molecule has 1 aliphatic heterocycles. The van der Waals surface area contributed by atoms with Crippen LogP contribution in [0.4, 0.5) is 14.5 Å². The van der Waals surface area contributed by atoms with Gasteiger partial charge in [-0.25, -0.2) is 13.8 Å². The van der Waals surface area contributed by atoms with Crippen LogP contribution in [-0.4, -0.2) is 41.5 Å². The zero-order valence-electron chi connectivity index (χ0n) is 16.7. The van der Waals surface area contributed by atoms with Gasteiger partial charge in [-0.15, -0.1) is 0 Å². The monoisotopic (exact) mass is 461 g/mol. The molecule has 32 heavy (non-hydrogen) atoms. The molecule has 12 heteroatoms. The number of rotatable bonds is 5. The molecule has 1 N–H and O–H groups in total. The highest BCUT2D eigenvalue weighted by Gasteiger charge is 2.32. The van der Waals surface area contributed by atoms with Gasteiger partial charge in [-0.2, -0.15) is 18.0 Å². The van der Waals surface area contributed by atoms with Crippen molar-refractivity contribution in [1.82, 2.24) is 13.9 Å². The summed E-state index contributed by atoms with van der Waals surface area (Å²) in [4.78, 5) is 16.4. The first-order valence-corrected chi connectivity index (χ1v) is 10.9. The molecule has 0 saturated carbocycles. The van der Waals surface area contributed by atoms with Gasteiger partial charge in [0.2, 0.25) is 0 Å². The quantitative estimate of drug-likeness (QED) is 0.624. The van der Waals surface area contributed by atoms with E-state index in [9.17, 15) is 27.3 Å². The van der Waals surface area contributed by atoms with Crippen LogP contribution in [0.3, 0.4) is 0 Å². The minimum Gasteiger partial charge on any atom is -0.453 e. The first-order valence-electron chi connectivity index (χ1n) is 9.47. The van der Waals surface area contributed by atoms with Crippen molar-refractivity contribution >= 4 is 26.8 Å². The summed E-state index contributed by atoms with van der Waals surface area (Å²) in [6, 6.07) is 8.07. The van der Waals surface area contributed by atoms with Gasteiger partial charge < -0.3 is 9.30 Å². The predicted molar refractivity (Wildman–Crippen MR) is 112 cm³/mol. The van der Waals surface area contributed by atoms with Gasteiger partial charge in [0.1, 0.15) is 23.6 Å². The number of ether oxygens (including phenoxy) is 1. The van der Waals surface area contributed by atoms with E-state index in [0.717, 1.165) is 16.4 Å². The van der Waals surface area contributed by atoms with Crippen molar-refractivity contribution in [2.24, 2.45) is 7.05 Å². The van der Waals surface area contributed by atoms with Crippen LogP contribution in [0, 0.1) is 17.1 Å². The van der Waals surface area contributed by atoms with Gasteiger partial charge in [-0.1, -0.05) is 0 Å². The lowest BCUT2D eigenvalue weighted by atomic mass is 10.1. The number of nitrogens with one attached hydrogen (secondary N) is 1. The summed E-state index contributed by atoms with van der Waals surface area (Å²) in [7, 11) is -2.63. The molecule has 2 heterocycles. The summed E-state index contributed by atoms with van der Waals surface area (Å²) < 4.78 is 63.0. The smallest absolute Gasteiger partial charge is 0.301 e. The summed E-state index contributed by atoms with van der Waals surface area (Å²) in [5.41, 5.74) is -0.562. The molecule has 1 unspecified atom stereocenters. The zero-order chi connectivity index (χ0) is 23.0. The van der Waals surface area contributed by atoms with E-state index in [-0.39, 0.29) is 41.9 Å². The molecular weight excluding hydrogens is 444 g/mol. The lowest BCUT2D eigenvalue weighted by Gasteiger charge is -2.18. The van der Waals surface area contributed by atoms with E-state index in [2.05, 4.69) is 9.71 Å². The van der Waals surface area contributed by atoms with E-state index in [1.54, 1.807) is 6.07 Å². The Morgan fingerprint density at radius 2 is 2.09 bits per heavy atom. The number of aromatic nitrogens is 2. The highest BCUT2D eigenvalue weighted by atomic mass is 32.2. The van der Waals surface area contributed by atoms with E-state index in [4.69, 9.17) is 4.74 Å². The molecule has 1 aromatic heterocycles. The first-order chi connectivity index (χ1) is 15.2. The second kappa shape index (κ2) is 8.18. The molecule has 0 radical (unpaired) electrons. The van der Waals surface area contributed by atoms with Crippen LogP contribution in [0.1, 0.15) is 12.0 Å². The molecule has 1 aliphatic rings. The summed E-state index contributed by atoms with van der Waals surface area (Å²) in [5, 5.41) is 9.81. The van der Waals surface area contributed by atoms with Gasteiger partial charge >= 0.3 is 10.2 Å². The number of hydrogen-bond acceptors (Lipinski definition) is 6. The lowest BCUT2D eigenvalue weighted by Crippen LogP contribution is -2.34. The number of aryl methyl sites for hydroxylation is 1. The van der Waals surface area contributed by atoms with E-state index >= 15 is 0 Å². The normalized spacial score (nSPS) is 16.8. The van der Waals surface area contributed by atoms with Gasteiger partial charge in [0.15, 0.2) is 11.6 Å². The highest BCUT2D eigenvalue weighted by Crippen LogP contribution is 2.34. The van der Waals surface area contributed by atoms with Crippen LogP contribution < -0.4 is 15.0 Å². The number of fused-ring (bicyclic) bond motifs is 1. The van der Waals surface area contributed by atoms with E-state index in [0.29, 0.717) is 5.52 Å². The number of halogens is 2. The molecule has 1 fully saturated rings. The fraction of sp³-hybridized carbons (Fsp3) is 0.250. The van der Waals surface area contributed by atoms with Crippen molar-refractivity contribution in [2.75, 3.05) is 17.8 Å². The molecule has 0 bridgehead atoms. The summed E-state index contributed by atoms with van der Waals surface area (Å²) >= 11 is 0. The van der Waals surface area contributed by atoms with Crippen LogP contribution >= 0.6 is 0 Å². The molecule has 0 aliphatic carbocycles. The van der Waals surface area contributed by atoms with Gasteiger partial charge in [0.05, 0.1) is 22.9 Å². The molecule has 3 aromatic rings. The molecule has 4 rings (SSSR count). The highest BCUT2D eigenvalue weighted by molar-refractivity contribution is 7.90. The van der Waals surface area contributed by atoms with Crippen LogP contribution in [-0.2, 0) is 17.3 Å². The Balaban J connectivity index is 1.71. The fourth-order valence-electron chi connectivity index (χ4n) is 3.33. The topological polar surface area (TPSA) is 117 Å². The van der Waals surface area contributed by atoms with Crippen LogP contribution in [0.15, 0.2) is 41.5 Å². The van der Waals surface area contributed by atoms with Crippen molar-refractivity contribution in [1.29, 1.82) is 5.26 Å². The zero-order valence-corrected chi connectivity index (χ0v) is 17.6. The van der Waals surface area contributed by atoms with Gasteiger partial charge in [-0.05, 0) is 36.8 Å². The third-order valence-electron chi connectivity index (χ3n) is 5.00. The average molecular weight is 461 g/mol. The summed E-state index contributed by atoms with van der Waals surface area (Å²) in [5.74, 6) is -1.37. The summed E-state index contributed by atoms with van der Waals surface area (Å²) in [6.45, 7) is -0.315. The molecule has 2 aromatic carbocycles. The van der Waals surface area contributed by atoms with Crippen LogP contribution in [0.2, 0.25) is 0 Å². The molecule has 0 amide bonds. The van der Waals surface area contributed by atoms with Crippen LogP contribution in [0.5, 0.6) is 11.5 Å². The third-order valence-corrected chi connectivity index (χ3v) is 6.49. The third kappa shape index (κ3) is 4.00. The Morgan fingerprint density at radius 1 is 1.31 bits per heavy atom. The Bertz CT molecular complexity index is 1420. The minimum atomic E-state index is -4.16. The van der Waals surface area contributed by atoms with Gasteiger partial charge in [0, 0.05) is 20.1 Å². The van der Waals surface area contributed by atoms with Gasteiger partial charge in [0.25, 0.3) is 5.56 Å². The van der Waals surface area contributed by atoms with Crippen molar-refractivity contribution in [2.45, 2.75) is 12.6 Å². The van der Waals surface area contributed by atoms with Crippen molar-refractivity contribution in [3.05, 3.63) is 58.4 Å². The van der Waals surface area contributed by atoms with Crippen LogP contribution in [0.25, 0.3) is 10.9 Å². The molecule has 1 atom stereocenters. The molecule has 0 spiro atoms. The maximum Gasteiger partial charge on any atom is 0.301 e. The maximum absolute atomic E-state index is 14.6. The molecular formula is C20H17F2N5O4S. The van der Waals surface area contributed by atoms with Crippen molar-refractivity contribution in [3.63, 3.8) is 0 Å². The second-order valence-corrected chi connectivity index (χ2v) is 8.87. The Morgan fingerprint density at radius 3 is 2.78 bits per heavy atom. The predicted octanol–water partition coefficient (Wildman–Crippen LogP) is 2.44. The number of alkyl halides is 1. The van der Waals surface area contributed by atoms with E-state index < -0.39 is 33.5 Å². The molecule has 1 saturated heterocycles. The fourth-order valence-corrected chi connectivity index (χ4v) is 4.61. The Hall–Kier alpha value is -3.56. The molecule has 166 valence electrons. The number of anilines is 1. The molecule has 9 nitrogen and oxygen atoms in total. The standard InChI is InChI=1S/C20H17F2N5O4S/c1-26-11-24-17-4-2-13(8-14(17)20(26)28)31-19-15(9-23)18(5-3-16(19)22)25-32(29,30)27-7-6-12(21)10-27/h2-5,8,11-12,25H,6-7,10H2,1H3. The Kier molecular flexibility index (Phi) is 5.53. The number of nitriles is 1. The van der Waals surface area contributed by atoms with E-state index in [1.807, 2.05) is 0 Å². The number of nitrogens with zero attached hydrogens (tertiary/aromatic N) is 4.